The first-order valence-corrected chi connectivity index (χ1v) is 3.80. The van der Waals surface area contributed by atoms with Crippen LogP contribution >= 0.6 is 0 Å². The van der Waals surface area contributed by atoms with E-state index in [1.54, 1.807) is 0 Å². The molecule has 1 aromatic rings. The van der Waals surface area contributed by atoms with Crippen molar-refractivity contribution >= 4 is 17.8 Å². The Morgan fingerprint density at radius 2 is 1.07 bits per heavy atom. The van der Waals surface area contributed by atoms with Crippen LogP contribution in [0.2, 0.25) is 0 Å². The molecule has 1 aromatic heterocycles. The van der Waals surface area contributed by atoms with Crippen molar-refractivity contribution in [3.63, 3.8) is 0 Å². The van der Waals surface area contributed by atoms with E-state index in [0.29, 0.717) is 9.80 Å². The van der Waals surface area contributed by atoms with Crippen LogP contribution in [0.25, 0.3) is 0 Å². The molecule has 0 aliphatic heterocycles. The number of hydrogen-bond donors (Lipinski definition) is 0. The van der Waals surface area contributed by atoms with E-state index < -0.39 is 45.7 Å². The summed E-state index contributed by atoms with van der Waals surface area (Å²) in [7, 11) is 2.11. The Morgan fingerprint density at radius 3 is 1.40 bits per heavy atom. The lowest BCUT2D eigenvalue weighted by Crippen LogP contribution is -2.22. The molecule has 1 heterocycles. The van der Waals surface area contributed by atoms with Crippen LogP contribution in [0.4, 0.5) is 17.8 Å². The molecule has 0 saturated carbocycles. The summed E-state index contributed by atoms with van der Waals surface area (Å²) >= 11 is 0. The van der Waals surface area contributed by atoms with Crippen molar-refractivity contribution in [2.75, 3.05) is 56.7 Å². The molecule has 0 atom stereocenters. The Hall–Kier alpha value is -1.59. The van der Waals surface area contributed by atoms with E-state index in [0.717, 1.165) is 14.1 Å². The van der Waals surface area contributed by atoms with Crippen LogP contribution in [0.15, 0.2) is 0 Å². The van der Waals surface area contributed by atoms with Crippen LogP contribution in [0.1, 0.15) is 16.4 Å². The molecule has 0 unspecified atom stereocenters. The summed E-state index contributed by atoms with van der Waals surface area (Å²) in [6.45, 7) is -12.0. The van der Waals surface area contributed by atoms with Gasteiger partial charge in [0.05, 0.1) is 0 Å². The minimum atomic E-state index is -3.22. The van der Waals surface area contributed by atoms with Crippen LogP contribution in [-0.2, 0) is 0 Å². The minimum Gasteiger partial charge on any atom is -0.347 e. The third-order valence-corrected chi connectivity index (χ3v) is 1.40. The predicted octanol–water partition coefficient (Wildman–Crippen LogP) is 0.0696. The van der Waals surface area contributed by atoms with E-state index >= 15 is 0 Å². The molecule has 0 amide bonds. The first kappa shape index (κ1) is 3.20. The molecular weight excluding hydrogens is 192 g/mol. The van der Waals surface area contributed by atoms with Crippen molar-refractivity contribution in [1.29, 1.82) is 0 Å². The molecule has 0 N–H and O–H groups in total. The lowest BCUT2D eigenvalue weighted by atomic mass is 10.7. The van der Waals surface area contributed by atoms with Gasteiger partial charge >= 0.3 is 0 Å². The van der Waals surface area contributed by atoms with Gasteiger partial charge in [0.25, 0.3) is 0 Å². The number of aromatic nitrogens is 3. The van der Waals surface area contributed by atoms with E-state index in [2.05, 4.69) is 15.0 Å². The molecule has 0 saturated heterocycles. The fourth-order valence-corrected chi connectivity index (χ4v) is 0.743. The van der Waals surface area contributed by atoms with Crippen molar-refractivity contribution < 1.29 is 16.4 Å². The second-order valence-corrected chi connectivity index (χ2v) is 2.69. The lowest BCUT2D eigenvalue weighted by molar-refractivity contribution is 0.886. The number of anilines is 3. The molecule has 6 heteroatoms. The highest BCUT2D eigenvalue weighted by atomic mass is 15.4. The maximum atomic E-state index is 7.43. The third-order valence-electron chi connectivity index (χ3n) is 1.40. The van der Waals surface area contributed by atoms with E-state index in [-0.39, 0.29) is 4.90 Å². The summed E-state index contributed by atoms with van der Waals surface area (Å²) in [5, 5.41) is 0. The highest BCUT2D eigenvalue weighted by Gasteiger charge is 2.10. The van der Waals surface area contributed by atoms with Crippen LogP contribution < -0.4 is 14.7 Å². The van der Waals surface area contributed by atoms with Gasteiger partial charge in [0.2, 0.25) is 17.8 Å². The molecule has 84 valence electrons. The van der Waals surface area contributed by atoms with Gasteiger partial charge in [-0.1, -0.05) is 0 Å². The highest BCUT2D eigenvalue weighted by molar-refractivity contribution is 5.44. The Morgan fingerprint density at radius 1 is 0.733 bits per heavy atom. The summed E-state index contributed by atoms with van der Waals surface area (Å²) in [5.41, 5.74) is 0. The second-order valence-electron chi connectivity index (χ2n) is 2.69. The van der Waals surface area contributed by atoms with Gasteiger partial charge in [-0.3, -0.25) is 0 Å². The normalized spacial score (nSPS) is 25.2. The quantitative estimate of drug-likeness (QED) is 0.721. The third kappa shape index (κ3) is 2.68. The van der Waals surface area contributed by atoms with E-state index in [4.69, 9.17) is 16.4 Å². The SMILES string of the molecule is [2H]C([2H])([2H])N(C)c1nc(N(C)C([2H])([2H])[2H])nc(N(C([2H])([2H])[2H])C([2H])([2H])[2H])n1. The van der Waals surface area contributed by atoms with Crippen molar-refractivity contribution in [2.45, 2.75) is 0 Å². The first-order valence-electron chi connectivity index (χ1n) is 9.80. The van der Waals surface area contributed by atoms with Crippen LogP contribution in [-0.4, -0.2) is 57.0 Å². The zero-order valence-corrected chi connectivity index (χ0v) is 8.18. The van der Waals surface area contributed by atoms with Gasteiger partial charge in [-0.25, -0.2) is 0 Å². The van der Waals surface area contributed by atoms with Crippen LogP contribution in [0, 0.1) is 0 Å². The fraction of sp³-hybridized carbons (Fsp3) is 0.667. The molecule has 0 aliphatic carbocycles. The van der Waals surface area contributed by atoms with Gasteiger partial charge in [0, 0.05) is 58.4 Å². The summed E-state index contributed by atoms with van der Waals surface area (Å²) in [4.78, 5) is 12.0. The summed E-state index contributed by atoms with van der Waals surface area (Å²) in [6.07, 6.45) is 0. The monoisotopic (exact) mass is 222 g/mol. The zero-order valence-electron chi connectivity index (χ0n) is 20.2. The van der Waals surface area contributed by atoms with Gasteiger partial charge in [-0.2, -0.15) is 15.0 Å². The average molecular weight is 222 g/mol. The van der Waals surface area contributed by atoms with Gasteiger partial charge in [-0.05, 0) is 0 Å². The second kappa shape index (κ2) is 4.29. The van der Waals surface area contributed by atoms with Gasteiger partial charge < -0.3 is 14.7 Å². The first-order chi connectivity index (χ1) is 11.8. The molecule has 15 heavy (non-hydrogen) atoms. The van der Waals surface area contributed by atoms with Crippen molar-refractivity contribution in [1.82, 2.24) is 15.0 Å². The van der Waals surface area contributed by atoms with Crippen molar-refractivity contribution in [3.05, 3.63) is 0 Å². The predicted molar refractivity (Wildman–Crippen MR) is 62.8 cm³/mol. The van der Waals surface area contributed by atoms with Crippen molar-refractivity contribution in [3.8, 4) is 0 Å². The van der Waals surface area contributed by atoms with E-state index in [1.165, 1.54) is 0 Å². The lowest BCUT2D eigenvalue weighted by Gasteiger charge is -2.18. The topological polar surface area (TPSA) is 48.4 Å². The molecule has 0 bridgehead atoms. The Bertz CT molecular complexity index is 609. The molecule has 0 spiro atoms. The van der Waals surface area contributed by atoms with Crippen LogP contribution in [0.3, 0.4) is 0 Å². The number of rotatable bonds is 3. The van der Waals surface area contributed by atoms with Crippen molar-refractivity contribution in [2.24, 2.45) is 0 Å². The standard InChI is InChI=1S/C9H18N6/c1-13(2)7-10-8(14(3)4)12-9(11-7)15(5)6/h1-6H3/i1D3,2D3,3D3,5D3. The average Bonchev–Trinajstić information content (AvgIpc) is 2.40. The summed E-state index contributed by atoms with van der Waals surface area (Å²) in [6, 6.07) is 0. The van der Waals surface area contributed by atoms with Gasteiger partial charge in [0.1, 0.15) is 0 Å². The molecule has 0 aliphatic rings. The maximum Gasteiger partial charge on any atom is 0.231 e. The Kier molecular flexibility index (Phi) is 0.914. The smallest absolute Gasteiger partial charge is 0.231 e. The maximum absolute atomic E-state index is 7.43. The molecule has 0 fully saturated rings. The van der Waals surface area contributed by atoms with Gasteiger partial charge in [0.15, 0.2) is 0 Å². The zero-order chi connectivity index (χ0) is 21.6. The van der Waals surface area contributed by atoms with Gasteiger partial charge in [-0.15, -0.1) is 0 Å². The molecule has 6 nitrogen and oxygen atoms in total. The highest BCUT2D eigenvalue weighted by Crippen LogP contribution is 2.14. The van der Waals surface area contributed by atoms with E-state index in [1.807, 2.05) is 0 Å². The number of hydrogen-bond acceptors (Lipinski definition) is 6. The Labute approximate surface area is 107 Å². The summed E-state index contributed by atoms with van der Waals surface area (Å²) in [5.74, 6) is -2.16. The fourth-order valence-electron chi connectivity index (χ4n) is 0.743. The van der Waals surface area contributed by atoms with Crippen LogP contribution in [0.5, 0.6) is 0 Å². The molecule has 0 radical (unpaired) electrons. The molecule has 0 aromatic carbocycles. The number of nitrogens with zero attached hydrogens (tertiary/aromatic N) is 6. The largest absolute Gasteiger partial charge is 0.347 e. The Balaban J connectivity index is 3.74. The summed E-state index contributed by atoms with van der Waals surface area (Å²) < 4.78 is 89.0. The minimum absolute atomic E-state index is 0.0879. The molecular formula is C9H18N6. The van der Waals surface area contributed by atoms with E-state index in [9.17, 15) is 0 Å². The molecule has 1 rings (SSSR count).